The van der Waals surface area contributed by atoms with E-state index in [0.29, 0.717) is 17.6 Å². The van der Waals surface area contributed by atoms with Crippen LogP contribution in [0.4, 0.5) is 5.69 Å². The van der Waals surface area contributed by atoms with Gasteiger partial charge in [0.15, 0.2) is 5.78 Å². The van der Waals surface area contributed by atoms with Gasteiger partial charge in [-0.1, -0.05) is 50.2 Å². The van der Waals surface area contributed by atoms with Crippen molar-refractivity contribution >= 4 is 17.5 Å². The second-order valence-electron chi connectivity index (χ2n) is 6.46. The summed E-state index contributed by atoms with van der Waals surface area (Å²) in [5.74, 6) is 0.00595. The number of Topliss-reactive ketones (excluding diaryl/α,β-unsaturated/α-hetero) is 1. The Bertz CT molecular complexity index is 834. The third-order valence-electron chi connectivity index (χ3n) is 4.25. The molecule has 0 spiro atoms. The molecule has 0 heterocycles. The second-order valence-corrected chi connectivity index (χ2v) is 6.46. The number of hydrogen-bond acceptors (Lipinski definition) is 3. The quantitative estimate of drug-likeness (QED) is 0.465. The SMILES string of the molecule is CC1(C)C/C(=C\c2cccc([N+](=O)[O-])c2)C(=O)c2ccccc21. The van der Waals surface area contributed by atoms with Gasteiger partial charge in [-0.25, -0.2) is 0 Å². The highest BCUT2D eigenvalue weighted by atomic mass is 16.6. The van der Waals surface area contributed by atoms with E-state index in [1.165, 1.54) is 12.1 Å². The molecule has 1 aliphatic carbocycles. The summed E-state index contributed by atoms with van der Waals surface area (Å²) in [7, 11) is 0. The third kappa shape index (κ3) is 2.80. The maximum absolute atomic E-state index is 12.7. The van der Waals surface area contributed by atoms with Crippen molar-refractivity contribution in [3.8, 4) is 0 Å². The molecule has 0 saturated carbocycles. The summed E-state index contributed by atoms with van der Waals surface area (Å²) in [5.41, 5.74) is 3.03. The number of non-ortho nitro benzene ring substituents is 1. The lowest BCUT2D eigenvalue weighted by molar-refractivity contribution is -0.384. The van der Waals surface area contributed by atoms with Crippen LogP contribution in [0.3, 0.4) is 0 Å². The van der Waals surface area contributed by atoms with Crippen LogP contribution >= 0.6 is 0 Å². The largest absolute Gasteiger partial charge is 0.289 e. The molecule has 0 N–H and O–H groups in total. The summed E-state index contributed by atoms with van der Waals surface area (Å²) in [6, 6.07) is 14.0. The Hall–Kier alpha value is -2.75. The molecule has 4 nitrogen and oxygen atoms in total. The maximum Gasteiger partial charge on any atom is 0.270 e. The van der Waals surface area contributed by atoms with E-state index in [-0.39, 0.29) is 16.9 Å². The van der Waals surface area contributed by atoms with E-state index in [0.717, 1.165) is 11.1 Å². The van der Waals surface area contributed by atoms with Crippen molar-refractivity contribution in [2.75, 3.05) is 0 Å². The first-order chi connectivity index (χ1) is 10.9. The molecule has 23 heavy (non-hydrogen) atoms. The Kier molecular flexibility index (Phi) is 3.60. The van der Waals surface area contributed by atoms with Crippen LogP contribution in [0.1, 0.15) is 41.8 Å². The number of nitrogens with zero attached hydrogens (tertiary/aromatic N) is 1. The van der Waals surface area contributed by atoms with Gasteiger partial charge in [0.2, 0.25) is 0 Å². The van der Waals surface area contributed by atoms with Crippen LogP contribution in [0.25, 0.3) is 6.08 Å². The van der Waals surface area contributed by atoms with E-state index in [4.69, 9.17) is 0 Å². The number of allylic oxidation sites excluding steroid dienone is 1. The van der Waals surface area contributed by atoms with Crippen molar-refractivity contribution in [2.45, 2.75) is 25.7 Å². The van der Waals surface area contributed by atoms with Crippen LogP contribution in [0.15, 0.2) is 54.1 Å². The monoisotopic (exact) mass is 307 g/mol. The fourth-order valence-corrected chi connectivity index (χ4v) is 3.14. The third-order valence-corrected chi connectivity index (χ3v) is 4.25. The minimum Gasteiger partial charge on any atom is -0.289 e. The molecular weight excluding hydrogens is 290 g/mol. The van der Waals surface area contributed by atoms with Crippen LogP contribution in [-0.4, -0.2) is 10.7 Å². The molecular formula is C19H17NO3. The van der Waals surface area contributed by atoms with Gasteiger partial charge in [0.25, 0.3) is 5.69 Å². The molecule has 1 aliphatic rings. The van der Waals surface area contributed by atoms with Crippen molar-refractivity contribution in [3.63, 3.8) is 0 Å². The van der Waals surface area contributed by atoms with Crippen molar-refractivity contribution < 1.29 is 9.72 Å². The van der Waals surface area contributed by atoms with Gasteiger partial charge in [-0.2, -0.15) is 0 Å². The molecule has 2 aromatic carbocycles. The molecule has 0 aliphatic heterocycles. The smallest absolute Gasteiger partial charge is 0.270 e. The first-order valence-electron chi connectivity index (χ1n) is 7.48. The van der Waals surface area contributed by atoms with Crippen LogP contribution in [-0.2, 0) is 5.41 Å². The van der Waals surface area contributed by atoms with Crippen LogP contribution in [0.5, 0.6) is 0 Å². The Morgan fingerprint density at radius 1 is 1.13 bits per heavy atom. The lowest BCUT2D eigenvalue weighted by Crippen LogP contribution is -2.29. The fourth-order valence-electron chi connectivity index (χ4n) is 3.14. The zero-order chi connectivity index (χ0) is 16.6. The highest BCUT2D eigenvalue weighted by Crippen LogP contribution is 2.39. The van der Waals surface area contributed by atoms with Crippen molar-refractivity contribution in [1.29, 1.82) is 0 Å². The number of carbonyl (C=O) groups is 1. The first kappa shape index (κ1) is 15.2. The number of nitro groups is 1. The van der Waals surface area contributed by atoms with E-state index >= 15 is 0 Å². The molecule has 0 saturated heterocycles. The van der Waals surface area contributed by atoms with E-state index in [1.54, 1.807) is 18.2 Å². The van der Waals surface area contributed by atoms with Crippen molar-refractivity contribution in [1.82, 2.24) is 0 Å². The number of rotatable bonds is 2. The summed E-state index contributed by atoms with van der Waals surface area (Å²) < 4.78 is 0. The summed E-state index contributed by atoms with van der Waals surface area (Å²) in [6.45, 7) is 4.22. The summed E-state index contributed by atoms with van der Waals surface area (Å²) in [5, 5.41) is 10.9. The van der Waals surface area contributed by atoms with Crippen molar-refractivity contribution in [3.05, 3.63) is 80.9 Å². The summed E-state index contributed by atoms with van der Waals surface area (Å²) in [6.07, 6.45) is 2.39. The molecule has 0 unspecified atom stereocenters. The summed E-state index contributed by atoms with van der Waals surface area (Å²) >= 11 is 0. The predicted molar refractivity (Wildman–Crippen MR) is 89.5 cm³/mol. The molecule has 0 fully saturated rings. The van der Waals surface area contributed by atoms with Crippen molar-refractivity contribution in [2.24, 2.45) is 0 Å². The van der Waals surface area contributed by atoms with E-state index in [9.17, 15) is 14.9 Å². The topological polar surface area (TPSA) is 60.2 Å². The van der Waals surface area contributed by atoms with E-state index < -0.39 is 4.92 Å². The Morgan fingerprint density at radius 2 is 1.87 bits per heavy atom. The number of benzene rings is 2. The van der Waals surface area contributed by atoms with Gasteiger partial charge in [-0.15, -0.1) is 0 Å². The highest BCUT2D eigenvalue weighted by Gasteiger charge is 2.34. The standard InChI is InChI=1S/C19H17NO3/c1-19(2)12-14(18(21)16-8-3-4-9-17(16)19)10-13-6-5-7-15(11-13)20(22)23/h3-11H,12H2,1-2H3/b14-10+. The molecule has 0 radical (unpaired) electrons. The molecule has 0 aromatic heterocycles. The zero-order valence-corrected chi connectivity index (χ0v) is 13.1. The van der Waals surface area contributed by atoms with Gasteiger partial charge in [0, 0.05) is 23.3 Å². The number of ketones is 1. The number of carbonyl (C=O) groups excluding carboxylic acids is 1. The van der Waals surface area contributed by atoms with Crippen LogP contribution < -0.4 is 0 Å². The van der Waals surface area contributed by atoms with Gasteiger partial charge in [0.1, 0.15) is 0 Å². The van der Waals surface area contributed by atoms with Gasteiger partial charge in [0.05, 0.1) is 4.92 Å². The van der Waals surface area contributed by atoms with Gasteiger partial charge in [-0.3, -0.25) is 14.9 Å². The van der Waals surface area contributed by atoms with Gasteiger partial charge in [-0.05, 0) is 29.0 Å². The van der Waals surface area contributed by atoms with Gasteiger partial charge >= 0.3 is 0 Å². The predicted octanol–water partition coefficient (Wildman–Crippen LogP) is 4.54. The van der Waals surface area contributed by atoms with Gasteiger partial charge < -0.3 is 0 Å². The number of nitro benzene ring substituents is 1. The second kappa shape index (κ2) is 5.47. The molecule has 0 bridgehead atoms. The summed E-state index contributed by atoms with van der Waals surface area (Å²) in [4.78, 5) is 23.2. The lowest BCUT2D eigenvalue weighted by Gasteiger charge is -2.33. The highest BCUT2D eigenvalue weighted by molar-refractivity contribution is 6.13. The average molecular weight is 307 g/mol. The van der Waals surface area contributed by atoms with Crippen LogP contribution in [0, 0.1) is 10.1 Å². The number of fused-ring (bicyclic) bond motifs is 1. The zero-order valence-electron chi connectivity index (χ0n) is 13.1. The molecule has 0 atom stereocenters. The van der Waals surface area contributed by atoms with E-state index in [1.807, 2.05) is 24.3 Å². The Balaban J connectivity index is 2.06. The Labute approximate surface area is 134 Å². The first-order valence-corrected chi connectivity index (χ1v) is 7.48. The molecule has 3 rings (SSSR count). The average Bonchev–Trinajstić information content (AvgIpc) is 2.52. The Morgan fingerprint density at radius 3 is 2.61 bits per heavy atom. The molecule has 4 heteroatoms. The van der Waals surface area contributed by atoms with Crippen LogP contribution in [0.2, 0.25) is 0 Å². The molecule has 0 amide bonds. The molecule has 116 valence electrons. The maximum atomic E-state index is 12.7. The lowest BCUT2D eigenvalue weighted by atomic mass is 9.70. The molecule has 2 aromatic rings. The number of hydrogen-bond donors (Lipinski definition) is 0. The fraction of sp³-hybridized carbons (Fsp3) is 0.211. The van der Waals surface area contributed by atoms with E-state index in [2.05, 4.69) is 13.8 Å². The minimum atomic E-state index is -0.427. The minimum absolute atomic E-state index is 0.00595. The normalized spacial score (nSPS) is 17.8.